The monoisotopic (exact) mass is 471 g/mol. The number of amides is 1. The number of carbonyl (C=O) groups is 2. The van der Waals surface area contributed by atoms with Crippen molar-refractivity contribution >= 4 is 33.3 Å². The van der Waals surface area contributed by atoms with E-state index in [-0.39, 0.29) is 22.1 Å². The highest BCUT2D eigenvalue weighted by molar-refractivity contribution is 7.91. The van der Waals surface area contributed by atoms with E-state index in [0.717, 1.165) is 18.2 Å². The van der Waals surface area contributed by atoms with Crippen molar-refractivity contribution in [1.82, 2.24) is 4.90 Å². The predicted molar refractivity (Wildman–Crippen MR) is 101 cm³/mol. The van der Waals surface area contributed by atoms with Gasteiger partial charge in [-0.15, -0.1) is 0 Å². The van der Waals surface area contributed by atoms with Gasteiger partial charge in [0.15, 0.2) is 16.4 Å². The summed E-state index contributed by atoms with van der Waals surface area (Å²) in [5.74, 6) is -2.83. The third-order valence-electron chi connectivity index (χ3n) is 4.53. The van der Waals surface area contributed by atoms with Crippen LogP contribution in [0.1, 0.15) is 26.2 Å². The molecule has 2 unspecified atom stereocenters. The molecule has 0 spiro atoms. The van der Waals surface area contributed by atoms with E-state index in [9.17, 15) is 31.2 Å². The number of rotatable bonds is 8. The second kappa shape index (κ2) is 9.42. The number of carboxylic acids is 1. The highest BCUT2D eigenvalue weighted by Gasteiger charge is 2.35. The Morgan fingerprint density at radius 3 is 2.60 bits per heavy atom. The third-order valence-corrected chi connectivity index (χ3v) is 6.98. The fraction of sp³-hybridized carbons (Fsp3) is 0.556. The van der Waals surface area contributed by atoms with Crippen molar-refractivity contribution in [1.29, 1.82) is 0 Å². The minimum Gasteiger partial charge on any atom is -0.484 e. The molecular formula is C18H21ClF3NO6S. The quantitative estimate of drug-likeness (QED) is 0.625. The van der Waals surface area contributed by atoms with Gasteiger partial charge in [-0.05, 0) is 30.9 Å². The van der Waals surface area contributed by atoms with E-state index in [2.05, 4.69) is 4.74 Å². The van der Waals surface area contributed by atoms with E-state index in [4.69, 9.17) is 16.7 Å². The minimum atomic E-state index is -4.55. The van der Waals surface area contributed by atoms with E-state index in [0.29, 0.717) is 19.4 Å². The zero-order chi connectivity index (χ0) is 22.7. The molecule has 12 heteroatoms. The molecular weight excluding hydrogens is 451 g/mol. The number of likely N-dealkylation sites (tertiary alicyclic amines) is 1. The number of ether oxygens (including phenoxy) is 1. The molecule has 1 amide bonds. The molecule has 0 saturated carbocycles. The molecule has 1 saturated heterocycles. The van der Waals surface area contributed by atoms with Crippen molar-refractivity contribution in [2.24, 2.45) is 5.92 Å². The van der Waals surface area contributed by atoms with Crippen LogP contribution in [0.5, 0.6) is 5.75 Å². The first-order valence-corrected chi connectivity index (χ1v) is 11.1. The summed E-state index contributed by atoms with van der Waals surface area (Å²) in [6, 6.07) is 2.21. The Hall–Kier alpha value is -2.01. The first-order chi connectivity index (χ1) is 13.8. The zero-order valence-electron chi connectivity index (χ0n) is 16.0. The van der Waals surface area contributed by atoms with E-state index in [1.54, 1.807) is 0 Å². The lowest BCUT2D eigenvalue weighted by molar-refractivity contribution is -0.153. The summed E-state index contributed by atoms with van der Waals surface area (Å²) in [5.41, 5.74) is 0. The Morgan fingerprint density at radius 1 is 1.37 bits per heavy atom. The smallest absolute Gasteiger partial charge is 0.422 e. The number of nitrogens with zero attached hydrogens (tertiary/aromatic N) is 1. The Kier molecular flexibility index (Phi) is 7.62. The maximum absolute atomic E-state index is 12.6. The number of sulfone groups is 1. The van der Waals surface area contributed by atoms with Crippen molar-refractivity contribution in [2.45, 2.75) is 43.3 Å². The lowest BCUT2D eigenvalue weighted by atomic mass is 10.1. The van der Waals surface area contributed by atoms with Crippen LogP contribution in [0.2, 0.25) is 5.02 Å². The number of halogens is 4. The van der Waals surface area contributed by atoms with Gasteiger partial charge in [0.2, 0.25) is 5.91 Å². The molecule has 1 N–H and O–H groups in total. The topological polar surface area (TPSA) is 101 Å². The van der Waals surface area contributed by atoms with Crippen LogP contribution in [0.3, 0.4) is 0 Å². The molecule has 1 aromatic carbocycles. The summed E-state index contributed by atoms with van der Waals surface area (Å²) in [4.78, 5) is 24.6. The zero-order valence-corrected chi connectivity index (χ0v) is 17.6. The summed E-state index contributed by atoms with van der Waals surface area (Å²) in [6.07, 6.45) is -3.79. The maximum Gasteiger partial charge on any atom is 0.422 e. The minimum absolute atomic E-state index is 0.159. The molecule has 0 aliphatic carbocycles. The molecule has 7 nitrogen and oxygen atoms in total. The number of hydrogen-bond donors (Lipinski definition) is 1. The number of alkyl halides is 3. The number of carboxylic acid groups (broad SMARTS) is 1. The molecule has 0 radical (unpaired) electrons. The average molecular weight is 472 g/mol. The number of carbonyl (C=O) groups excluding carboxylic acids is 1. The van der Waals surface area contributed by atoms with E-state index >= 15 is 0 Å². The van der Waals surface area contributed by atoms with Gasteiger partial charge >= 0.3 is 12.1 Å². The number of aliphatic carboxylic acids is 1. The summed E-state index contributed by atoms with van der Waals surface area (Å²) < 4.78 is 66.5. The number of benzene rings is 1. The molecule has 2 atom stereocenters. The molecule has 0 bridgehead atoms. The molecule has 1 fully saturated rings. The molecule has 168 valence electrons. The molecule has 2 rings (SSSR count). The van der Waals surface area contributed by atoms with E-state index in [1.165, 1.54) is 11.8 Å². The van der Waals surface area contributed by atoms with Crippen LogP contribution >= 0.6 is 11.6 Å². The molecule has 1 aliphatic rings. The second-order valence-corrected chi connectivity index (χ2v) is 9.58. The van der Waals surface area contributed by atoms with Crippen molar-refractivity contribution in [3.05, 3.63) is 23.2 Å². The van der Waals surface area contributed by atoms with Gasteiger partial charge in [0.05, 0.1) is 15.7 Å². The van der Waals surface area contributed by atoms with Crippen molar-refractivity contribution in [3.8, 4) is 5.75 Å². The van der Waals surface area contributed by atoms with Crippen LogP contribution < -0.4 is 4.74 Å². The van der Waals surface area contributed by atoms with E-state index in [1.807, 2.05) is 0 Å². The molecule has 1 aliphatic heterocycles. The lowest BCUT2D eigenvalue weighted by Crippen LogP contribution is -2.41. The molecule has 0 aromatic heterocycles. The lowest BCUT2D eigenvalue weighted by Gasteiger charge is -2.23. The van der Waals surface area contributed by atoms with Crippen molar-refractivity contribution < 1.29 is 41.0 Å². The molecule has 1 aromatic rings. The van der Waals surface area contributed by atoms with Crippen LogP contribution in [0.4, 0.5) is 13.2 Å². The summed E-state index contributed by atoms with van der Waals surface area (Å²) in [5, 5.41) is 8.87. The van der Waals surface area contributed by atoms with Crippen molar-refractivity contribution in [3.63, 3.8) is 0 Å². The van der Waals surface area contributed by atoms with Crippen LogP contribution in [0, 0.1) is 5.92 Å². The summed E-state index contributed by atoms with van der Waals surface area (Å²) in [6.45, 7) is 0.304. The van der Waals surface area contributed by atoms with Crippen LogP contribution in [0.15, 0.2) is 23.1 Å². The van der Waals surface area contributed by atoms with Gasteiger partial charge in [0.1, 0.15) is 11.8 Å². The van der Waals surface area contributed by atoms with Crippen molar-refractivity contribution in [2.75, 3.05) is 18.9 Å². The van der Waals surface area contributed by atoms with E-state index < -0.39 is 52.2 Å². The summed E-state index contributed by atoms with van der Waals surface area (Å²) >= 11 is 5.93. The van der Waals surface area contributed by atoms with Crippen LogP contribution in [0.25, 0.3) is 0 Å². The fourth-order valence-electron chi connectivity index (χ4n) is 3.25. The van der Waals surface area contributed by atoms with Gasteiger partial charge in [-0.3, -0.25) is 4.79 Å². The normalized spacial score (nSPS) is 18.3. The predicted octanol–water partition coefficient (Wildman–Crippen LogP) is 3.16. The van der Waals surface area contributed by atoms with Gasteiger partial charge in [-0.1, -0.05) is 18.5 Å². The Bertz CT molecular complexity index is 906. The Balaban J connectivity index is 2.03. The highest BCUT2D eigenvalue weighted by Crippen LogP contribution is 2.30. The standard InChI is InChI=1S/C18H21ClF3NO6S/c1-11(7-16(24)23-6-2-3-14(23)17(25)26)9-30(27,28)15-5-4-12(8-13(15)19)29-10-18(20,21)22/h4-5,8,11,14H,2-3,6-7,9-10H2,1H3,(H,25,26). The largest absolute Gasteiger partial charge is 0.484 e. The summed E-state index contributed by atoms with van der Waals surface area (Å²) in [7, 11) is -3.95. The Labute approximate surface area is 176 Å². The fourth-order valence-corrected chi connectivity index (χ4v) is 5.45. The van der Waals surface area contributed by atoms with Crippen LogP contribution in [-0.2, 0) is 19.4 Å². The average Bonchev–Trinajstić information content (AvgIpc) is 3.08. The van der Waals surface area contributed by atoms with Crippen LogP contribution in [-0.4, -0.2) is 61.4 Å². The van der Waals surface area contributed by atoms with Gasteiger partial charge < -0.3 is 14.7 Å². The van der Waals surface area contributed by atoms with Gasteiger partial charge in [-0.2, -0.15) is 13.2 Å². The Morgan fingerprint density at radius 2 is 2.03 bits per heavy atom. The number of hydrogen-bond acceptors (Lipinski definition) is 5. The van der Waals surface area contributed by atoms with Gasteiger partial charge in [-0.25, -0.2) is 13.2 Å². The first kappa shape index (κ1) is 24.3. The molecule has 30 heavy (non-hydrogen) atoms. The molecule has 1 heterocycles. The third kappa shape index (κ3) is 6.49. The second-order valence-electron chi connectivity index (χ2n) is 7.17. The van der Waals surface area contributed by atoms with Gasteiger partial charge in [0.25, 0.3) is 0 Å². The first-order valence-electron chi connectivity index (χ1n) is 9.04. The maximum atomic E-state index is 12.6. The SMILES string of the molecule is CC(CC(=O)N1CCCC1C(=O)O)CS(=O)(=O)c1ccc(OCC(F)(F)F)cc1Cl. The van der Waals surface area contributed by atoms with Gasteiger partial charge in [0, 0.05) is 19.0 Å². The highest BCUT2D eigenvalue weighted by atomic mass is 35.5.